The predicted octanol–water partition coefficient (Wildman–Crippen LogP) is 4.35. The number of benzene rings is 1. The number of pyridine rings is 1. The van der Waals surface area contributed by atoms with Crippen molar-refractivity contribution < 1.29 is 9.21 Å². The monoisotopic (exact) mass is 341 g/mol. The van der Waals surface area contributed by atoms with E-state index in [1.165, 1.54) is 11.8 Å². The summed E-state index contributed by atoms with van der Waals surface area (Å²) in [6, 6.07) is 9.50. The summed E-state index contributed by atoms with van der Waals surface area (Å²) in [6.07, 6.45) is 2.34. The molecule has 1 N–H and O–H groups in total. The fourth-order valence-corrected chi connectivity index (χ4v) is 3.20. The molecule has 1 atom stereocenters. The number of anilines is 1. The first-order valence-electron chi connectivity index (χ1n) is 7.83. The zero-order valence-corrected chi connectivity index (χ0v) is 14.7. The molecule has 2 aromatic heterocycles. The smallest absolute Gasteiger partial charge is 0.259 e. The van der Waals surface area contributed by atoms with Crippen molar-refractivity contribution in [2.45, 2.75) is 37.7 Å². The Hall–Kier alpha value is -2.34. The van der Waals surface area contributed by atoms with Crippen molar-refractivity contribution in [1.29, 1.82) is 0 Å². The third-order valence-electron chi connectivity index (χ3n) is 3.91. The molecule has 24 heavy (non-hydrogen) atoms. The lowest BCUT2D eigenvalue weighted by molar-refractivity contribution is -0.115. The fraction of sp³-hybridized carbons (Fsp3) is 0.278. The molecule has 3 rings (SSSR count). The van der Waals surface area contributed by atoms with Gasteiger partial charge in [0.15, 0.2) is 11.2 Å². The molecule has 0 bridgehead atoms. The van der Waals surface area contributed by atoms with Crippen LogP contribution in [0.3, 0.4) is 0 Å². The first kappa shape index (κ1) is 16.5. The van der Waals surface area contributed by atoms with E-state index in [9.17, 15) is 4.79 Å². The Balaban J connectivity index is 1.75. The number of thioether (sulfide) groups is 1. The van der Waals surface area contributed by atoms with Crippen molar-refractivity contribution in [3.8, 4) is 0 Å². The van der Waals surface area contributed by atoms with Crippen molar-refractivity contribution in [2.24, 2.45) is 0 Å². The highest BCUT2D eigenvalue weighted by molar-refractivity contribution is 8.00. The minimum absolute atomic E-state index is 0.0496. The lowest BCUT2D eigenvalue weighted by Gasteiger charge is -2.15. The molecule has 0 saturated carbocycles. The lowest BCUT2D eigenvalue weighted by Crippen LogP contribution is -2.25. The van der Waals surface area contributed by atoms with Crippen molar-refractivity contribution in [2.75, 3.05) is 5.32 Å². The van der Waals surface area contributed by atoms with Gasteiger partial charge in [0.1, 0.15) is 0 Å². The van der Waals surface area contributed by atoms with Crippen LogP contribution in [0.5, 0.6) is 0 Å². The van der Waals surface area contributed by atoms with E-state index in [4.69, 9.17) is 4.42 Å². The molecule has 0 aliphatic carbocycles. The molecule has 0 saturated heterocycles. The second-order valence-electron chi connectivity index (χ2n) is 5.56. The van der Waals surface area contributed by atoms with E-state index in [0.717, 1.165) is 16.8 Å². The molecule has 1 unspecified atom stereocenters. The Labute approximate surface area is 144 Å². The van der Waals surface area contributed by atoms with Crippen LogP contribution < -0.4 is 5.32 Å². The van der Waals surface area contributed by atoms with Crippen molar-refractivity contribution in [3.05, 3.63) is 47.7 Å². The number of nitrogens with one attached hydrogen (secondary N) is 1. The number of aromatic nitrogens is 2. The Morgan fingerprint density at radius 2 is 2.12 bits per heavy atom. The molecule has 5 nitrogen and oxygen atoms in total. The van der Waals surface area contributed by atoms with Gasteiger partial charge in [-0.05, 0) is 49.6 Å². The van der Waals surface area contributed by atoms with E-state index < -0.39 is 0 Å². The molecule has 0 spiro atoms. The topological polar surface area (TPSA) is 68.0 Å². The Bertz CT molecular complexity index is 843. The van der Waals surface area contributed by atoms with Crippen molar-refractivity contribution in [1.82, 2.24) is 9.97 Å². The van der Waals surface area contributed by atoms with Crippen LogP contribution >= 0.6 is 11.8 Å². The number of aryl methyl sites for hydroxylation is 1. The zero-order chi connectivity index (χ0) is 17.1. The summed E-state index contributed by atoms with van der Waals surface area (Å²) in [5.41, 5.74) is 4.27. The molecule has 0 radical (unpaired) electrons. The van der Waals surface area contributed by atoms with Gasteiger partial charge in [-0.2, -0.15) is 4.98 Å². The molecule has 0 aliphatic rings. The molecule has 6 heteroatoms. The second kappa shape index (κ2) is 7.05. The number of carbonyl (C=O) groups excluding carboxylic acids is 1. The molecular weight excluding hydrogens is 322 g/mol. The van der Waals surface area contributed by atoms with Crippen LogP contribution in [0.25, 0.3) is 11.2 Å². The maximum atomic E-state index is 12.6. The minimum Gasteiger partial charge on any atom is -0.430 e. The first-order chi connectivity index (χ1) is 11.6. The number of amides is 1. The number of oxazole rings is 1. The van der Waals surface area contributed by atoms with E-state index in [1.807, 2.05) is 45.0 Å². The van der Waals surface area contributed by atoms with Gasteiger partial charge >= 0.3 is 0 Å². The van der Waals surface area contributed by atoms with Crippen LogP contribution in [-0.4, -0.2) is 21.1 Å². The number of hydrogen-bond donors (Lipinski definition) is 1. The number of hydrogen-bond acceptors (Lipinski definition) is 5. The van der Waals surface area contributed by atoms with Crippen LogP contribution in [0.15, 0.2) is 46.2 Å². The first-order valence-corrected chi connectivity index (χ1v) is 8.71. The molecular formula is C18H19N3O2S. The molecule has 0 aliphatic heterocycles. The molecule has 3 aromatic rings. The van der Waals surface area contributed by atoms with Crippen LogP contribution in [0.2, 0.25) is 0 Å². The van der Waals surface area contributed by atoms with E-state index >= 15 is 0 Å². The van der Waals surface area contributed by atoms with Gasteiger partial charge in [-0.1, -0.05) is 30.8 Å². The van der Waals surface area contributed by atoms with E-state index in [2.05, 4.69) is 15.3 Å². The number of carbonyl (C=O) groups is 1. The normalized spacial score (nSPS) is 12.3. The standard InChI is InChI=1S/C18H19N3O2S/c1-4-15(17(22)20-13-8-5-7-11(2)12(13)3)24-18-21-16-14(23-18)9-6-10-19-16/h5-10,15H,4H2,1-3H3,(H,20,22). The highest BCUT2D eigenvalue weighted by Gasteiger charge is 2.22. The second-order valence-corrected chi connectivity index (χ2v) is 6.71. The fourth-order valence-electron chi connectivity index (χ4n) is 2.34. The zero-order valence-electron chi connectivity index (χ0n) is 13.9. The van der Waals surface area contributed by atoms with E-state index in [-0.39, 0.29) is 11.2 Å². The summed E-state index contributed by atoms with van der Waals surface area (Å²) >= 11 is 1.32. The molecule has 1 aromatic carbocycles. The third kappa shape index (κ3) is 3.43. The molecule has 0 fully saturated rings. The lowest BCUT2D eigenvalue weighted by atomic mass is 10.1. The largest absolute Gasteiger partial charge is 0.430 e. The number of fused-ring (bicyclic) bond motifs is 1. The van der Waals surface area contributed by atoms with Gasteiger partial charge in [-0.3, -0.25) is 4.79 Å². The average Bonchev–Trinajstić information content (AvgIpc) is 2.99. The van der Waals surface area contributed by atoms with Crippen LogP contribution in [-0.2, 0) is 4.79 Å². The quantitative estimate of drug-likeness (QED) is 0.699. The molecule has 1 amide bonds. The summed E-state index contributed by atoms with van der Waals surface area (Å²) < 4.78 is 5.65. The van der Waals surface area contributed by atoms with Gasteiger partial charge < -0.3 is 9.73 Å². The van der Waals surface area contributed by atoms with Gasteiger partial charge in [-0.25, -0.2) is 4.98 Å². The maximum Gasteiger partial charge on any atom is 0.259 e. The van der Waals surface area contributed by atoms with Gasteiger partial charge in [0.25, 0.3) is 5.22 Å². The van der Waals surface area contributed by atoms with Gasteiger partial charge in [0, 0.05) is 11.9 Å². The predicted molar refractivity (Wildman–Crippen MR) is 96.3 cm³/mol. The van der Waals surface area contributed by atoms with Crippen LogP contribution in [0, 0.1) is 13.8 Å². The maximum absolute atomic E-state index is 12.6. The highest BCUT2D eigenvalue weighted by Crippen LogP contribution is 2.29. The summed E-state index contributed by atoms with van der Waals surface area (Å²) in [7, 11) is 0. The van der Waals surface area contributed by atoms with Crippen LogP contribution in [0.1, 0.15) is 24.5 Å². The van der Waals surface area contributed by atoms with E-state index in [0.29, 0.717) is 22.9 Å². The Kier molecular flexibility index (Phi) is 4.85. The summed E-state index contributed by atoms with van der Waals surface area (Å²) in [4.78, 5) is 21.1. The summed E-state index contributed by atoms with van der Waals surface area (Å²) in [6.45, 7) is 6.01. The number of nitrogens with zero attached hydrogens (tertiary/aromatic N) is 2. The third-order valence-corrected chi connectivity index (χ3v) is 5.12. The number of rotatable bonds is 5. The van der Waals surface area contributed by atoms with Crippen molar-refractivity contribution >= 4 is 34.6 Å². The average molecular weight is 341 g/mol. The Morgan fingerprint density at radius 3 is 2.88 bits per heavy atom. The van der Waals surface area contributed by atoms with Gasteiger partial charge in [0.05, 0.1) is 5.25 Å². The van der Waals surface area contributed by atoms with Crippen molar-refractivity contribution in [3.63, 3.8) is 0 Å². The SMILES string of the molecule is CCC(Sc1nc2ncccc2o1)C(=O)Nc1cccc(C)c1C. The highest BCUT2D eigenvalue weighted by atomic mass is 32.2. The minimum atomic E-state index is -0.280. The van der Waals surface area contributed by atoms with Gasteiger partial charge in [0.2, 0.25) is 5.91 Å². The Morgan fingerprint density at radius 1 is 1.29 bits per heavy atom. The molecule has 124 valence electrons. The summed E-state index contributed by atoms with van der Waals surface area (Å²) in [5.74, 6) is -0.0496. The summed E-state index contributed by atoms with van der Waals surface area (Å²) in [5, 5.41) is 3.20. The molecule has 2 heterocycles. The van der Waals surface area contributed by atoms with E-state index in [1.54, 1.807) is 12.3 Å². The van der Waals surface area contributed by atoms with Gasteiger partial charge in [-0.15, -0.1) is 0 Å². The van der Waals surface area contributed by atoms with Crippen LogP contribution in [0.4, 0.5) is 5.69 Å².